The van der Waals surface area contributed by atoms with Gasteiger partial charge in [-0.15, -0.1) is 0 Å². The molecule has 1 unspecified atom stereocenters. The standard InChI is InChI=1S/C13H12O3/c1-7-5-12(15)11-6-9(8(2)14)3-4-10(11)13(7)16/h3-4,6-7H,5H2,1-2H3. The zero-order valence-electron chi connectivity index (χ0n) is 9.24. The number of carbonyl (C=O) groups excluding carboxylic acids is 3. The highest BCUT2D eigenvalue weighted by atomic mass is 16.1. The minimum atomic E-state index is -0.247. The summed E-state index contributed by atoms with van der Waals surface area (Å²) in [6, 6.07) is 4.72. The van der Waals surface area contributed by atoms with Crippen molar-refractivity contribution in [2.24, 2.45) is 5.92 Å². The van der Waals surface area contributed by atoms with Crippen LogP contribution in [0.4, 0.5) is 0 Å². The molecule has 2 rings (SSSR count). The Bertz CT molecular complexity index is 500. The van der Waals surface area contributed by atoms with E-state index < -0.39 is 0 Å². The lowest BCUT2D eigenvalue weighted by Crippen LogP contribution is -2.25. The molecular weight excluding hydrogens is 204 g/mol. The highest BCUT2D eigenvalue weighted by molar-refractivity contribution is 6.15. The van der Waals surface area contributed by atoms with Gasteiger partial charge >= 0.3 is 0 Å². The molecule has 0 bridgehead atoms. The predicted molar refractivity (Wildman–Crippen MR) is 58.9 cm³/mol. The normalized spacial score (nSPS) is 19.5. The van der Waals surface area contributed by atoms with Crippen LogP contribution in [0.25, 0.3) is 0 Å². The molecule has 0 fully saturated rings. The zero-order chi connectivity index (χ0) is 11.9. The molecule has 1 aromatic rings. The Hall–Kier alpha value is -1.77. The fourth-order valence-corrected chi connectivity index (χ4v) is 1.96. The van der Waals surface area contributed by atoms with E-state index in [2.05, 4.69) is 0 Å². The minimum absolute atomic E-state index is 0.00954. The van der Waals surface area contributed by atoms with Gasteiger partial charge < -0.3 is 0 Å². The summed E-state index contributed by atoms with van der Waals surface area (Å²) in [6.07, 6.45) is 0.243. The van der Waals surface area contributed by atoms with Crippen molar-refractivity contribution in [3.63, 3.8) is 0 Å². The van der Waals surface area contributed by atoms with Crippen molar-refractivity contribution in [2.45, 2.75) is 20.3 Å². The molecule has 16 heavy (non-hydrogen) atoms. The molecule has 0 heterocycles. The molecule has 0 radical (unpaired) electrons. The highest BCUT2D eigenvalue weighted by Crippen LogP contribution is 2.26. The Labute approximate surface area is 93.5 Å². The average molecular weight is 216 g/mol. The molecule has 82 valence electrons. The molecule has 0 N–H and O–H groups in total. The Kier molecular flexibility index (Phi) is 2.46. The van der Waals surface area contributed by atoms with Gasteiger partial charge in [0.25, 0.3) is 0 Å². The third-order valence-electron chi connectivity index (χ3n) is 2.93. The molecule has 0 amide bonds. The van der Waals surface area contributed by atoms with Crippen molar-refractivity contribution in [1.29, 1.82) is 0 Å². The van der Waals surface area contributed by atoms with Crippen LogP contribution in [0.1, 0.15) is 51.3 Å². The van der Waals surface area contributed by atoms with Gasteiger partial charge in [0, 0.05) is 29.0 Å². The fourth-order valence-electron chi connectivity index (χ4n) is 1.96. The van der Waals surface area contributed by atoms with Crippen LogP contribution in [-0.4, -0.2) is 17.3 Å². The van der Waals surface area contributed by atoms with E-state index in [-0.39, 0.29) is 29.7 Å². The van der Waals surface area contributed by atoms with Gasteiger partial charge in [-0.05, 0) is 19.1 Å². The third-order valence-corrected chi connectivity index (χ3v) is 2.93. The first kappa shape index (κ1) is 10.7. The third kappa shape index (κ3) is 1.58. The number of carbonyl (C=O) groups is 3. The van der Waals surface area contributed by atoms with E-state index in [4.69, 9.17) is 0 Å². The van der Waals surface area contributed by atoms with Gasteiger partial charge in [0.15, 0.2) is 17.3 Å². The van der Waals surface area contributed by atoms with Crippen LogP contribution in [0.3, 0.4) is 0 Å². The number of benzene rings is 1. The summed E-state index contributed by atoms with van der Waals surface area (Å²) in [5.74, 6) is -0.403. The SMILES string of the molecule is CC(=O)c1ccc2c(c1)C(=O)CC(C)C2=O. The van der Waals surface area contributed by atoms with Crippen LogP contribution in [0, 0.1) is 5.92 Å². The van der Waals surface area contributed by atoms with Crippen molar-refractivity contribution < 1.29 is 14.4 Å². The van der Waals surface area contributed by atoms with Crippen molar-refractivity contribution >= 4 is 17.3 Å². The Morgan fingerprint density at radius 1 is 1.25 bits per heavy atom. The van der Waals surface area contributed by atoms with Gasteiger partial charge in [-0.3, -0.25) is 14.4 Å². The van der Waals surface area contributed by atoms with Gasteiger partial charge in [0.05, 0.1) is 0 Å². The number of rotatable bonds is 1. The second-order valence-electron chi connectivity index (χ2n) is 4.21. The van der Waals surface area contributed by atoms with Crippen LogP contribution in [0.15, 0.2) is 18.2 Å². The maximum atomic E-state index is 11.8. The maximum Gasteiger partial charge on any atom is 0.166 e. The van der Waals surface area contributed by atoms with Crippen molar-refractivity contribution in [1.82, 2.24) is 0 Å². The average Bonchev–Trinajstić information content (AvgIpc) is 2.25. The van der Waals surface area contributed by atoms with Crippen LogP contribution < -0.4 is 0 Å². The molecule has 0 saturated carbocycles. The van der Waals surface area contributed by atoms with Crippen LogP contribution in [0.2, 0.25) is 0 Å². The monoisotopic (exact) mass is 216 g/mol. The van der Waals surface area contributed by atoms with E-state index in [1.54, 1.807) is 19.1 Å². The van der Waals surface area contributed by atoms with E-state index in [1.165, 1.54) is 13.0 Å². The van der Waals surface area contributed by atoms with E-state index >= 15 is 0 Å². The molecular formula is C13H12O3. The van der Waals surface area contributed by atoms with Crippen molar-refractivity contribution in [3.05, 3.63) is 34.9 Å². The summed E-state index contributed by atoms with van der Waals surface area (Å²) in [7, 11) is 0. The first-order valence-corrected chi connectivity index (χ1v) is 5.23. The van der Waals surface area contributed by atoms with Gasteiger partial charge in [0.1, 0.15) is 0 Å². The topological polar surface area (TPSA) is 51.2 Å². The number of ketones is 3. The highest BCUT2D eigenvalue weighted by Gasteiger charge is 2.29. The predicted octanol–water partition coefficient (Wildman–Crippen LogP) is 2.29. The molecule has 3 heteroatoms. The molecule has 1 aliphatic carbocycles. The molecule has 1 atom stereocenters. The van der Waals surface area contributed by atoms with E-state index in [0.717, 1.165) is 0 Å². The zero-order valence-corrected chi connectivity index (χ0v) is 9.24. The summed E-state index contributed by atoms with van der Waals surface area (Å²) in [5, 5.41) is 0. The first-order valence-electron chi connectivity index (χ1n) is 5.23. The molecule has 0 aliphatic heterocycles. The number of fused-ring (bicyclic) bond motifs is 1. The Morgan fingerprint density at radius 3 is 2.56 bits per heavy atom. The quantitative estimate of drug-likeness (QED) is 0.677. The molecule has 0 aromatic heterocycles. The summed E-state index contributed by atoms with van der Waals surface area (Å²) < 4.78 is 0. The van der Waals surface area contributed by atoms with Gasteiger partial charge in [0.2, 0.25) is 0 Å². The molecule has 1 aromatic carbocycles. The second kappa shape index (κ2) is 3.67. The van der Waals surface area contributed by atoms with Crippen molar-refractivity contribution in [2.75, 3.05) is 0 Å². The minimum Gasteiger partial charge on any atom is -0.295 e. The number of Topliss-reactive ketones (excluding diaryl/α,β-unsaturated/α-hetero) is 3. The summed E-state index contributed by atoms with van der Waals surface area (Å²) in [6.45, 7) is 3.20. The lowest BCUT2D eigenvalue weighted by Gasteiger charge is -2.19. The van der Waals surface area contributed by atoms with Crippen molar-refractivity contribution in [3.8, 4) is 0 Å². The van der Waals surface area contributed by atoms with E-state index in [1.807, 2.05) is 0 Å². The Morgan fingerprint density at radius 2 is 1.94 bits per heavy atom. The van der Waals surface area contributed by atoms with Crippen LogP contribution >= 0.6 is 0 Å². The molecule has 3 nitrogen and oxygen atoms in total. The lowest BCUT2D eigenvalue weighted by atomic mass is 9.82. The number of hydrogen-bond acceptors (Lipinski definition) is 3. The summed E-state index contributed by atoms with van der Waals surface area (Å²) >= 11 is 0. The molecule has 0 spiro atoms. The number of hydrogen-bond donors (Lipinski definition) is 0. The van der Waals surface area contributed by atoms with Crippen LogP contribution in [-0.2, 0) is 0 Å². The lowest BCUT2D eigenvalue weighted by molar-refractivity contribution is 0.0834. The fraction of sp³-hybridized carbons (Fsp3) is 0.308. The molecule has 1 aliphatic rings. The van der Waals surface area contributed by atoms with Gasteiger partial charge in [-0.1, -0.05) is 13.0 Å². The molecule has 0 saturated heterocycles. The van der Waals surface area contributed by atoms with E-state index in [9.17, 15) is 14.4 Å². The van der Waals surface area contributed by atoms with Gasteiger partial charge in [-0.25, -0.2) is 0 Å². The summed E-state index contributed by atoms with van der Waals surface area (Å²) in [5.41, 5.74) is 1.33. The summed E-state index contributed by atoms with van der Waals surface area (Å²) in [4.78, 5) is 34.7. The van der Waals surface area contributed by atoms with Crippen LogP contribution in [0.5, 0.6) is 0 Å². The largest absolute Gasteiger partial charge is 0.295 e. The first-order chi connectivity index (χ1) is 7.50. The maximum absolute atomic E-state index is 11.8. The van der Waals surface area contributed by atoms with E-state index in [0.29, 0.717) is 16.7 Å². The smallest absolute Gasteiger partial charge is 0.166 e. The Balaban J connectivity index is 2.59. The van der Waals surface area contributed by atoms with Gasteiger partial charge in [-0.2, -0.15) is 0 Å². The second-order valence-corrected chi connectivity index (χ2v) is 4.21.